The molecule has 21 heavy (non-hydrogen) atoms. The Kier molecular flexibility index (Phi) is 4.82. The van der Waals surface area contributed by atoms with Gasteiger partial charge in [-0.25, -0.2) is 0 Å². The number of aromatic nitrogens is 2. The molecule has 0 saturated carbocycles. The molecule has 0 spiro atoms. The van der Waals surface area contributed by atoms with Crippen LogP contribution in [0.1, 0.15) is 43.2 Å². The van der Waals surface area contributed by atoms with Crippen molar-refractivity contribution in [3.05, 3.63) is 34.8 Å². The Balaban J connectivity index is 2.05. The van der Waals surface area contributed by atoms with Crippen molar-refractivity contribution >= 4 is 22.2 Å². The molecule has 1 aromatic carbocycles. The second kappa shape index (κ2) is 6.43. The first kappa shape index (κ1) is 15.8. The van der Waals surface area contributed by atoms with E-state index in [-0.39, 0.29) is 0 Å². The van der Waals surface area contributed by atoms with Crippen LogP contribution >= 0.6 is 11.3 Å². The second-order valence-corrected chi connectivity index (χ2v) is 5.84. The number of alkyl halides is 3. The Labute approximate surface area is 125 Å². The van der Waals surface area contributed by atoms with E-state index in [2.05, 4.69) is 29.4 Å². The van der Waals surface area contributed by atoms with Crippen LogP contribution in [0.15, 0.2) is 24.3 Å². The van der Waals surface area contributed by atoms with Gasteiger partial charge in [-0.05, 0) is 30.7 Å². The fourth-order valence-corrected chi connectivity index (χ4v) is 2.76. The van der Waals surface area contributed by atoms with Crippen molar-refractivity contribution in [3.8, 4) is 0 Å². The van der Waals surface area contributed by atoms with Gasteiger partial charge in [0.15, 0.2) is 0 Å². The van der Waals surface area contributed by atoms with E-state index >= 15 is 0 Å². The minimum Gasteiger partial charge on any atom is -0.330 e. The molecule has 0 aliphatic heterocycles. The van der Waals surface area contributed by atoms with Gasteiger partial charge in [0.05, 0.1) is 5.56 Å². The molecule has 2 rings (SSSR count). The number of halogens is 3. The zero-order valence-electron chi connectivity index (χ0n) is 11.7. The van der Waals surface area contributed by atoms with E-state index in [1.165, 1.54) is 23.5 Å². The van der Waals surface area contributed by atoms with Crippen molar-refractivity contribution in [3.63, 3.8) is 0 Å². The Bertz CT molecular complexity index is 578. The van der Waals surface area contributed by atoms with Crippen LogP contribution < -0.4 is 5.32 Å². The van der Waals surface area contributed by atoms with E-state index in [0.717, 1.165) is 30.0 Å². The van der Waals surface area contributed by atoms with Crippen LogP contribution in [0.3, 0.4) is 0 Å². The summed E-state index contributed by atoms with van der Waals surface area (Å²) in [5.74, 6) is 0.343. The number of hydrogen-bond acceptors (Lipinski definition) is 4. The number of rotatable bonds is 5. The van der Waals surface area contributed by atoms with Gasteiger partial charge in [-0.1, -0.05) is 31.6 Å². The zero-order valence-corrected chi connectivity index (χ0v) is 12.6. The number of nitrogens with one attached hydrogen (secondary N) is 1. The van der Waals surface area contributed by atoms with Crippen molar-refractivity contribution in [2.45, 2.75) is 38.8 Å². The molecule has 1 N–H and O–H groups in total. The summed E-state index contributed by atoms with van der Waals surface area (Å²) in [4.78, 5) is 0. The van der Waals surface area contributed by atoms with Gasteiger partial charge < -0.3 is 5.32 Å². The Morgan fingerprint density at radius 2 is 1.86 bits per heavy atom. The van der Waals surface area contributed by atoms with Crippen LogP contribution in [0.2, 0.25) is 0 Å². The maximum Gasteiger partial charge on any atom is 0.416 e. The van der Waals surface area contributed by atoms with Crippen molar-refractivity contribution < 1.29 is 13.2 Å². The van der Waals surface area contributed by atoms with E-state index < -0.39 is 11.7 Å². The standard InChI is InChI=1S/C14H16F3N3S/c1-3-4-9(2)12-19-20-13(21-12)18-11-7-5-10(6-8-11)14(15,16)17/h5-9H,3-4H2,1-2H3,(H,18,20). The van der Waals surface area contributed by atoms with Gasteiger partial charge >= 0.3 is 6.18 Å². The van der Waals surface area contributed by atoms with E-state index in [0.29, 0.717) is 16.7 Å². The minimum absolute atomic E-state index is 0.343. The molecule has 2 aromatic rings. The van der Waals surface area contributed by atoms with Crippen LogP contribution in [0, 0.1) is 0 Å². The summed E-state index contributed by atoms with van der Waals surface area (Å²) in [6, 6.07) is 4.87. The highest BCUT2D eigenvalue weighted by Crippen LogP contribution is 2.31. The average molecular weight is 315 g/mol. The van der Waals surface area contributed by atoms with Crippen molar-refractivity contribution in [2.75, 3.05) is 5.32 Å². The third-order valence-corrected chi connectivity index (χ3v) is 4.12. The van der Waals surface area contributed by atoms with Crippen LogP contribution in [-0.4, -0.2) is 10.2 Å². The quantitative estimate of drug-likeness (QED) is 0.823. The van der Waals surface area contributed by atoms with Crippen molar-refractivity contribution in [2.24, 2.45) is 0 Å². The normalized spacial score (nSPS) is 13.2. The summed E-state index contributed by atoms with van der Waals surface area (Å²) in [7, 11) is 0. The lowest BCUT2D eigenvalue weighted by Crippen LogP contribution is -2.04. The lowest BCUT2D eigenvalue weighted by atomic mass is 10.1. The first-order valence-corrected chi connectivity index (χ1v) is 7.49. The zero-order chi connectivity index (χ0) is 15.5. The molecule has 0 radical (unpaired) electrons. The largest absolute Gasteiger partial charge is 0.416 e. The molecule has 1 atom stereocenters. The summed E-state index contributed by atoms with van der Waals surface area (Å²) < 4.78 is 37.4. The maximum absolute atomic E-state index is 12.5. The Morgan fingerprint density at radius 3 is 2.43 bits per heavy atom. The molecule has 7 heteroatoms. The third kappa shape index (κ3) is 4.17. The van der Waals surface area contributed by atoms with Crippen LogP contribution in [0.25, 0.3) is 0 Å². The average Bonchev–Trinajstić information content (AvgIpc) is 2.87. The van der Waals surface area contributed by atoms with E-state index in [9.17, 15) is 13.2 Å². The first-order valence-electron chi connectivity index (χ1n) is 6.68. The maximum atomic E-state index is 12.5. The molecule has 3 nitrogen and oxygen atoms in total. The molecule has 0 aliphatic rings. The van der Waals surface area contributed by atoms with Gasteiger partial charge in [-0.15, -0.1) is 10.2 Å². The van der Waals surface area contributed by atoms with Crippen LogP contribution in [0.4, 0.5) is 24.0 Å². The predicted octanol–water partition coefficient (Wildman–Crippen LogP) is 5.20. The van der Waals surface area contributed by atoms with Crippen LogP contribution in [-0.2, 0) is 6.18 Å². The molecular formula is C14H16F3N3S. The topological polar surface area (TPSA) is 37.8 Å². The molecule has 0 fully saturated rings. The summed E-state index contributed by atoms with van der Waals surface area (Å²) in [6.07, 6.45) is -2.21. The summed E-state index contributed by atoms with van der Waals surface area (Å²) in [6.45, 7) is 4.20. The smallest absolute Gasteiger partial charge is 0.330 e. The van der Waals surface area contributed by atoms with Crippen molar-refractivity contribution in [1.29, 1.82) is 0 Å². The number of anilines is 2. The molecule has 1 unspecified atom stereocenters. The van der Waals surface area contributed by atoms with Gasteiger partial charge in [0.25, 0.3) is 0 Å². The molecule has 0 aliphatic carbocycles. The highest BCUT2D eigenvalue weighted by Gasteiger charge is 2.29. The molecule has 1 heterocycles. The molecule has 1 aromatic heterocycles. The number of hydrogen-bond donors (Lipinski definition) is 1. The molecule has 0 saturated heterocycles. The van der Waals surface area contributed by atoms with Gasteiger partial charge in [0.2, 0.25) is 5.13 Å². The predicted molar refractivity (Wildman–Crippen MR) is 78.0 cm³/mol. The lowest BCUT2D eigenvalue weighted by Gasteiger charge is -2.07. The molecule has 0 bridgehead atoms. The fraction of sp³-hybridized carbons (Fsp3) is 0.429. The summed E-state index contributed by atoms with van der Waals surface area (Å²) in [5, 5.41) is 12.6. The van der Waals surface area contributed by atoms with Gasteiger partial charge in [0.1, 0.15) is 5.01 Å². The molecular weight excluding hydrogens is 299 g/mol. The summed E-state index contributed by atoms with van der Waals surface area (Å²) >= 11 is 1.43. The van der Waals surface area contributed by atoms with Crippen LogP contribution in [0.5, 0.6) is 0 Å². The fourth-order valence-electron chi connectivity index (χ4n) is 1.91. The van der Waals surface area contributed by atoms with Gasteiger partial charge in [-0.2, -0.15) is 13.2 Å². The molecule has 0 amide bonds. The molecule has 114 valence electrons. The van der Waals surface area contributed by atoms with Gasteiger partial charge in [-0.3, -0.25) is 0 Å². The van der Waals surface area contributed by atoms with E-state index in [1.807, 2.05) is 0 Å². The Hall–Kier alpha value is -1.63. The highest BCUT2D eigenvalue weighted by molar-refractivity contribution is 7.15. The monoisotopic (exact) mass is 315 g/mol. The summed E-state index contributed by atoms with van der Waals surface area (Å²) in [5.41, 5.74) is -0.101. The van der Waals surface area contributed by atoms with E-state index in [1.54, 1.807) is 0 Å². The number of nitrogens with zero attached hydrogens (tertiary/aromatic N) is 2. The van der Waals surface area contributed by atoms with Gasteiger partial charge in [0, 0.05) is 11.6 Å². The third-order valence-electron chi connectivity index (χ3n) is 3.05. The Morgan fingerprint density at radius 1 is 1.19 bits per heavy atom. The number of benzene rings is 1. The van der Waals surface area contributed by atoms with Crippen molar-refractivity contribution in [1.82, 2.24) is 10.2 Å². The first-order chi connectivity index (χ1) is 9.90. The second-order valence-electron chi connectivity index (χ2n) is 4.84. The van der Waals surface area contributed by atoms with E-state index in [4.69, 9.17) is 0 Å². The highest BCUT2D eigenvalue weighted by atomic mass is 32.1. The SMILES string of the molecule is CCCC(C)c1nnc(Nc2ccc(C(F)(F)F)cc2)s1. The minimum atomic E-state index is -4.32. The lowest BCUT2D eigenvalue weighted by molar-refractivity contribution is -0.137.